The number of hydrogen-bond acceptors (Lipinski definition) is 4. The molecule has 4 nitrogen and oxygen atoms in total. The maximum atomic E-state index is 10.4. The van der Waals surface area contributed by atoms with Crippen molar-refractivity contribution in [1.29, 1.82) is 0 Å². The second-order valence-corrected chi connectivity index (χ2v) is 2.22. The van der Waals surface area contributed by atoms with Gasteiger partial charge in [-0.25, -0.2) is 0 Å². The van der Waals surface area contributed by atoms with Crippen LogP contribution in [0.3, 0.4) is 0 Å². The summed E-state index contributed by atoms with van der Waals surface area (Å²) in [7, 11) is 0. The topological polar surface area (TPSA) is 66.4 Å². The first kappa shape index (κ1) is 11.2. The molecule has 1 atom stereocenters. The Labute approximate surface area is 76.2 Å². The minimum absolute atomic E-state index is 0.0200. The van der Waals surface area contributed by atoms with Gasteiger partial charge in [-0.1, -0.05) is 12.0 Å². The Bertz CT molecular complexity index is 259. The summed E-state index contributed by atoms with van der Waals surface area (Å²) in [6.07, 6.45) is 6.40. The predicted octanol–water partition coefficient (Wildman–Crippen LogP) is -0.753. The van der Waals surface area contributed by atoms with Gasteiger partial charge in [-0.05, 0) is 6.08 Å². The van der Waals surface area contributed by atoms with Gasteiger partial charge in [0.1, 0.15) is 6.10 Å². The van der Waals surface area contributed by atoms with Crippen LogP contribution in [0.5, 0.6) is 0 Å². The molecule has 0 aromatic heterocycles. The predicted molar refractivity (Wildman–Crippen MR) is 43.2 cm³/mol. The van der Waals surface area contributed by atoms with Crippen molar-refractivity contribution in [2.24, 2.45) is 0 Å². The fourth-order valence-electron chi connectivity index (χ4n) is 0.652. The summed E-state index contributed by atoms with van der Waals surface area (Å²) in [5.74, 6) is 0.0839. The zero-order valence-corrected chi connectivity index (χ0v) is 7.15. The number of carbonyl (C=O) groups is 2. The lowest BCUT2D eigenvalue weighted by molar-refractivity contribution is -0.315. The molecule has 0 aromatic rings. The third-order valence-electron chi connectivity index (χ3n) is 1.14. The van der Waals surface area contributed by atoms with Gasteiger partial charge >= 0.3 is 5.97 Å². The highest BCUT2D eigenvalue weighted by molar-refractivity contribution is 5.75. The molecule has 0 spiro atoms. The molecule has 13 heavy (non-hydrogen) atoms. The average Bonchev–Trinajstić information content (AvgIpc) is 2.02. The van der Waals surface area contributed by atoms with Crippen LogP contribution in [0.15, 0.2) is 12.2 Å². The van der Waals surface area contributed by atoms with E-state index in [1.165, 1.54) is 12.2 Å². The van der Waals surface area contributed by atoms with E-state index in [-0.39, 0.29) is 6.42 Å². The van der Waals surface area contributed by atoms with Crippen LogP contribution in [-0.2, 0) is 14.3 Å². The molecule has 0 saturated carbocycles. The molecule has 0 aromatic carbocycles. The first-order valence-corrected chi connectivity index (χ1v) is 3.57. The Morgan fingerprint density at radius 3 is 2.69 bits per heavy atom. The Morgan fingerprint density at radius 1 is 1.69 bits per heavy atom. The van der Waals surface area contributed by atoms with Gasteiger partial charge in [0.2, 0.25) is 0 Å². The van der Waals surface area contributed by atoms with Crippen molar-refractivity contribution in [3.05, 3.63) is 12.2 Å². The molecule has 0 bridgehead atoms. The van der Waals surface area contributed by atoms with Crippen LogP contribution in [-0.4, -0.2) is 18.0 Å². The SMILES string of the molecule is C#CC=CCC(OC(C)=O)C(=O)[O-]. The van der Waals surface area contributed by atoms with Crippen molar-refractivity contribution in [2.45, 2.75) is 19.4 Å². The second-order valence-electron chi connectivity index (χ2n) is 2.22. The molecule has 0 N–H and O–H groups in total. The summed E-state index contributed by atoms with van der Waals surface area (Å²) in [6, 6.07) is 0. The molecule has 0 rings (SSSR count). The molecule has 0 saturated heterocycles. The second kappa shape index (κ2) is 5.84. The number of terminal acetylenes is 1. The smallest absolute Gasteiger partial charge is 0.303 e. The van der Waals surface area contributed by atoms with E-state index in [9.17, 15) is 14.7 Å². The van der Waals surface area contributed by atoms with Gasteiger partial charge in [0.15, 0.2) is 0 Å². The quantitative estimate of drug-likeness (QED) is 0.422. The third-order valence-corrected chi connectivity index (χ3v) is 1.14. The maximum Gasteiger partial charge on any atom is 0.303 e. The van der Waals surface area contributed by atoms with E-state index in [1.54, 1.807) is 0 Å². The number of carboxylic acid groups (broad SMARTS) is 1. The van der Waals surface area contributed by atoms with Crippen molar-refractivity contribution >= 4 is 11.9 Å². The summed E-state index contributed by atoms with van der Waals surface area (Å²) in [6.45, 7) is 1.13. The zero-order chi connectivity index (χ0) is 10.3. The van der Waals surface area contributed by atoms with Crippen LogP contribution in [0.4, 0.5) is 0 Å². The van der Waals surface area contributed by atoms with Gasteiger partial charge in [0, 0.05) is 13.3 Å². The highest BCUT2D eigenvalue weighted by Crippen LogP contribution is 1.99. The molecule has 0 aliphatic carbocycles. The van der Waals surface area contributed by atoms with E-state index in [4.69, 9.17) is 6.42 Å². The largest absolute Gasteiger partial charge is 0.546 e. The summed E-state index contributed by atoms with van der Waals surface area (Å²) in [5.41, 5.74) is 0. The molecule has 0 amide bonds. The lowest BCUT2D eigenvalue weighted by Crippen LogP contribution is -2.38. The molecule has 4 heteroatoms. The van der Waals surface area contributed by atoms with Crippen LogP contribution in [0.25, 0.3) is 0 Å². The van der Waals surface area contributed by atoms with Gasteiger partial charge in [0.25, 0.3) is 0 Å². The van der Waals surface area contributed by atoms with E-state index in [1.807, 2.05) is 0 Å². The fourth-order valence-corrected chi connectivity index (χ4v) is 0.652. The van der Waals surface area contributed by atoms with E-state index >= 15 is 0 Å². The van der Waals surface area contributed by atoms with Gasteiger partial charge in [-0.2, -0.15) is 0 Å². The summed E-state index contributed by atoms with van der Waals surface area (Å²) >= 11 is 0. The average molecular weight is 181 g/mol. The summed E-state index contributed by atoms with van der Waals surface area (Å²) in [5, 5.41) is 10.4. The van der Waals surface area contributed by atoms with Crippen LogP contribution in [0.1, 0.15) is 13.3 Å². The molecule has 1 unspecified atom stereocenters. The fraction of sp³-hybridized carbons (Fsp3) is 0.333. The molecule has 0 radical (unpaired) electrons. The Hall–Kier alpha value is -1.76. The van der Waals surface area contributed by atoms with E-state index in [0.29, 0.717) is 0 Å². The Morgan fingerprint density at radius 2 is 2.31 bits per heavy atom. The number of ether oxygens (including phenoxy) is 1. The number of carbonyl (C=O) groups excluding carboxylic acids is 2. The van der Waals surface area contributed by atoms with Gasteiger partial charge in [-0.15, -0.1) is 6.42 Å². The molecule has 0 aliphatic rings. The van der Waals surface area contributed by atoms with Crippen LogP contribution in [0.2, 0.25) is 0 Å². The van der Waals surface area contributed by atoms with Crippen LogP contribution < -0.4 is 5.11 Å². The Kier molecular flexibility index (Phi) is 5.05. The summed E-state index contributed by atoms with van der Waals surface area (Å²) < 4.78 is 4.44. The standard InChI is InChI=1S/C9H10O4/c1-3-4-5-6-8(9(11)12)13-7(2)10/h1,4-5,8H,6H2,2H3,(H,11,12)/p-1. The number of rotatable bonds is 4. The molecule has 0 aliphatic heterocycles. The molecule has 0 fully saturated rings. The Balaban J connectivity index is 4.12. The van der Waals surface area contributed by atoms with E-state index in [0.717, 1.165) is 6.92 Å². The van der Waals surface area contributed by atoms with Crippen molar-refractivity contribution in [3.8, 4) is 12.3 Å². The van der Waals surface area contributed by atoms with Crippen LogP contribution >= 0.6 is 0 Å². The molecule has 70 valence electrons. The summed E-state index contributed by atoms with van der Waals surface area (Å²) in [4.78, 5) is 20.8. The number of aliphatic carboxylic acids is 1. The number of hydrogen-bond donors (Lipinski definition) is 0. The van der Waals surface area contributed by atoms with Crippen molar-refractivity contribution in [3.63, 3.8) is 0 Å². The minimum atomic E-state index is -1.43. The number of esters is 1. The zero-order valence-electron chi connectivity index (χ0n) is 7.15. The van der Waals surface area contributed by atoms with Gasteiger partial charge in [-0.3, -0.25) is 4.79 Å². The van der Waals surface area contributed by atoms with Crippen LogP contribution in [0, 0.1) is 12.3 Å². The first-order valence-electron chi connectivity index (χ1n) is 3.57. The van der Waals surface area contributed by atoms with E-state index < -0.39 is 18.0 Å². The monoisotopic (exact) mass is 181 g/mol. The molecular weight excluding hydrogens is 172 g/mol. The van der Waals surface area contributed by atoms with Gasteiger partial charge in [0.05, 0.1) is 5.97 Å². The lowest BCUT2D eigenvalue weighted by Gasteiger charge is -2.15. The maximum absolute atomic E-state index is 10.4. The third kappa shape index (κ3) is 5.50. The highest BCUT2D eigenvalue weighted by Gasteiger charge is 2.10. The normalized spacial score (nSPS) is 12.0. The molecular formula is C9H9O4-. The lowest BCUT2D eigenvalue weighted by atomic mass is 10.2. The van der Waals surface area contributed by atoms with Gasteiger partial charge < -0.3 is 14.6 Å². The number of carboxylic acids is 1. The van der Waals surface area contributed by atoms with Crippen molar-refractivity contribution in [2.75, 3.05) is 0 Å². The van der Waals surface area contributed by atoms with E-state index in [2.05, 4.69) is 10.7 Å². The highest BCUT2D eigenvalue weighted by atomic mass is 16.6. The minimum Gasteiger partial charge on any atom is -0.546 e. The number of allylic oxidation sites excluding steroid dienone is 1. The van der Waals surface area contributed by atoms with Crippen molar-refractivity contribution < 1.29 is 19.4 Å². The molecule has 0 heterocycles. The van der Waals surface area contributed by atoms with Crippen molar-refractivity contribution in [1.82, 2.24) is 0 Å². The first-order chi connectivity index (χ1) is 6.07.